The Hall–Kier alpha value is -6.58. The first-order valence-electron chi connectivity index (χ1n) is 17.6. The van der Waals surface area contributed by atoms with E-state index in [0.717, 1.165) is 79.7 Å². The summed E-state index contributed by atoms with van der Waals surface area (Å²) in [5, 5.41) is 3.27. The van der Waals surface area contributed by atoms with E-state index in [1.807, 2.05) is 0 Å². The Kier molecular flexibility index (Phi) is 6.95. The fourth-order valence-corrected chi connectivity index (χ4v) is 7.69. The third-order valence-electron chi connectivity index (χ3n) is 10.1. The van der Waals surface area contributed by atoms with Crippen LogP contribution in [0.4, 0.5) is 17.1 Å². The first kappa shape index (κ1) is 29.3. The van der Waals surface area contributed by atoms with Gasteiger partial charge in [0.25, 0.3) is 0 Å². The van der Waals surface area contributed by atoms with E-state index in [1.54, 1.807) is 0 Å². The Morgan fingerprint density at radius 1 is 0.451 bits per heavy atom. The van der Waals surface area contributed by atoms with Gasteiger partial charge in [0.1, 0.15) is 22.5 Å². The van der Waals surface area contributed by atoms with Gasteiger partial charge in [-0.05, 0) is 89.2 Å². The topological polar surface area (TPSA) is 29.5 Å². The second-order valence-electron chi connectivity index (χ2n) is 13.2. The third kappa shape index (κ3) is 5.05. The molecule has 0 aliphatic heterocycles. The van der Waals surface area contributed by atoms with Crippen LogP contribution in [-0.2, 0) is 6.42 Å². The van der Waals surface area contributed by atoms with Gasteiger partial charge in [-0.25, -0.2) is 0 Å². The Bertz CT molecular complexity index is 2700. The Morgan fingerprint density at radius 2 is 1.02 bits per heavy atom. The predicted molar refractivity (Wildman–Crippen MR) is 212 cm³/mol. The van der Waals surface area contributed by atoms with Crippen LogP contribution in [0.2, 0.25) is 0 Å². The maximum atomic E-state index is 6.97. The summed E-state index contributed by atoms with van der Waals surface area (Å²) in [6.07, 6.45) is 6.27. The van der Waals surface area contributed by atoms with Crippen molar-refractivity contribution < 1.29 is 8.83 Å². The van der Waals surface area contributed by atoms with Crippen LogP contribution in [-0.4, -0.2) is 0 Å². The molecule has 0 atom stereocenters. The average Bonchev–Trinajstić information content (AvgIpc) is 3.76. The van der Waals surface area contributed by atoms with E-state index in [1.165, 1.54) is 27.8 Å². The zero-order chi connectivity index (χ0) is 33.7. The number of hydrogen-bond acceptors (Lipinski definition) is 3. The van der Waals surface area contributed by atoms with E-state index in [2.05, 4.69) is 181 Å². The lowest BCUT2D eigenvalue weighted by Crippen LogP contribution is -2.09. The molecule has 0 N–H and O–H groups in total. The van der Waals surface area contributed by atoms with Crippen molar-refractivity contribution in [2.75, 3.05) is 4.90 Å². The molecule has 2 aromatic heterocycles. The van der Waals surface area contributed by atoms with Crippen molar-refractivity contribution in [3.63, 3.8) is 0 Å². The van der Waals surface area contributed by atoms with Crippen LogP contribution in [0.1, 0.15) is 17.7 Å². The Balaban J connectivity index is 1.15. The van der Waals surface area contributed by atoms with Gasteiger partial charge < -0.3 is 13.7 Å². The molecule has 0 bridgehead atoms. The number of allylic oxidation sites excluding steroid dienone is 1. The van der Waals surface area contributed by atoms with Crippen LogP contribution >= 0.6 is 0 Å². The van der Waals surface area contributed by atoms with Gasteiger partial charge in [-0.3, -0.25) is 0 Å². The van der Waals surface area contributed by atoms with Gasteiger partial charge in [0.05, 0.1) is 0 Å². The van der Waals surface area contributed by atoms with Gasteiger partial charge in [0.15, 0.2) is 0 Å². The molecule has 0 saturated carbocycles. The Labute approximate surface area is 296 Å². The summed E-state index contributed by atoms with van der Waals surface area (Å²) < 4.78 is 13.5. The summed E-state index contributed by atoms with van der Waals surface area (Å²) in [5.74, 6) is 0.953. The van der Waals surface area contributed by atoms with Gasteiger partial charge in [-0.2, -0.15) is 0 Å². The lowest BCUT2D eigenvalue weighted by atomic mass is 9.92. The highest BCUT2D eigenvalue weighted by molar-refractivity contribution is 6.19. The number of fused-ring (bicyclic) bond motifs is 6. The zero-order valence-electron chi connectivity index (χ0n) is 27.9. The zero-order valence-corrected chi connectivity index (χ0v) is 27.9. The molecule has 0 fully saturated rings. The maximum Gasteiger partial charge on any atom is 0.144 e. The summed E-state index contributed by atoms with van der Waals surface area (Å²) in [6.45, 7) is 0. The first-order valence-corrected chi connectivity index (χ1v) is 17.6. The van der Waals surface area contributed by atoms with Gasteiger partial charge >= 0.3 is 0 Å². The molecule has 51 heavy (non-hydrogen) atoms. The van der Waals surface area contributed by atoms with Crippen LogP contribution in [0.5, 0.6) is 0 Å². The van der Waals surface area contributed by atoms with Crippen LogP contribution in [0.25, 0.3) is 72.4 Å². The highest BCUT2D eigenvalue weighted by Gasteiger charge is 2.25. The van der Waals surface area contributed by atoms with Crippen molar-refractivity contribution in [1.82, 2.24) is 0 Å². The molecule has 3 nitrogen and oxygen atoms in total. The third-order valence-corrected chi connectivity index (χ3v) is 10.1. The van der Waals surface area contributed by atoms with Gasteiger partial charge in [0.2, 0.25) is 0 Å². The van der Waals surface area contributed by atoms with Crippen molar-refractivity contribution in [2.24, 2.45) is 0 Å². The monoisotopic (exact) mass is 655 g/mol. The minimum atomic E-state index is 0.841. The minimum Gasteiger partial charge on any atom is -0.456 e. The fourth-order valence-electron chi connectivity index (χ4n) is 7.69. The summed E-state index contributed by atoms with van der Waals surface area (Å²) in [4.78, 5) is 2.29. The number of rotatable bonds is 6. The fraction of sp³-hybridized carbons (Fsp3) is 0.0417. The average molecular weight is 656 g/mol. The molecule has 9 aromatic rings. The molecule has 0 unspecified atom stereocenters. The molecular formula is C48H33NO2. The van der Waals surface area contributed by atoms with E-state index in [-0.39, 0.29) is 0 Å². The van der Waals surface area contributed by atoms with Gasteiger partial charge in [-0.15, -0.1) is 0 Å². The lowest BCUT2D eigenvalue weighted by Gasteiger charge is -2.25. The summed E-state index contributed by atoms with van der Waals surface area (Å²) in [5.41, 5.74) is 14.1. The quantitative estimate of drug-likeness (QED) is 0.179. The second-order valence-corrected chi connectivity index (χ2v) is 13.2. The highest BCUT2D eigenvalue weighted by Crippen LogP contribution is 2.47. The number of para-hydroxylation sites is 1. The van der Waals surface area contributed by atoms with Crippen LogP contribution in [0, 0.1) is 0 Å². The van der Waals surface area contributed by atoms with E-state index < -0.39 is 0 Å². The summed E-state index contributed by atoms with van der Waals surface area (Å²) in [7, 11) is 0. The molecule has 1 aliphatic carbocycles. The summed E-state index contributed by atoms with van der Waals surface area (Å²) in [6, 6.07) is 58.0. The number of aryl methyl sites for hydroxylation is 1. The normalized spacial score (nSPS) is 12.5. The number of nitrogens with zero attached hydrogens (tertiary/aromatic N) is 1. The molecule has 1 aliphatic rings. The molecule has 10 rings (SSSR count). The van der Waals surface area contributed by atoms with Crippen molar-refractivity contribution in [2.45, 2.75) is 12.8 Å². The largest absolute Gasteiger partial charge is 0.456 e. The van der Waals surface area contributed by atoms with E-state index in [0.29, 0.717) is 0 Å². The van der Waals surface area contributed by atoms with Gasteiger partial charge in [-0.1, -0.05) is 121 Å². The number of furan rings is 2. The standard InChI is InChI=1S/C48H33NO2/c1-4-12-32(13-5-1)34-20-22-36(23-21-34)46-47-41-18-10-11-19-43(41)50-45(47)31-42-40-29-28-39(30-44(40)51-48(42)46)49(37-16-8-3-9-17-37)38-26-24-35(25-27-38)33-14-6-2-7-15-33/h1-9,11-17,19-31H,10,18H2. The smallest absolute Gasteiger partial charge is 0.144 e. The van der Waals surface area contributed by atoms with Crippen LogP contribution in [0.3, 0.4) is 0 Å². The molecule has 0 spiro atoms. The molecular weight excluding hydrogens is 623 g/mol. The van der Waals surface area contributed by atoms with Crippen molar-refractivity contribution >= 4 is 56.0 Å². The van der Waals surface area contributed by atoms with Crippen molar-refractivity contribution in [3.8, 4) is 33.4 Å². The number of benzene rings is 7. The number of anilines is 3. The molecule has 242 valence electrons. The SMILES string of the molecule is C1=Cc2oc3cc4c(oc5cc(N(c6ccccc6)c6ccc(-c7ccccc7)cc6)ccc54)c(-c4ccc(-c5ccccc5)cc4)c3c2CC1. The van der Waals surface area contributed by atoms with Gasteiger partial charge in [0, 0.05) is 50.4 Å². The second kappa shape index (κ2) is 12.1. The molecule has 3 heteroatoms. The van der Waals surface area contributed by atoms with Crippen LogP contribution < -0.4 is 4.90 Å². The maximum absolute atomic E-state index is 6.97. The summed E-state index contributed by atoms with van der Waals surface area (Å²) >= 11 is 0. The van der Waals surface area contributed by atoms with E-state index in [9.17, 15) is 0 Å². The van der Waals surface area contributed by atoms with E-state index >= 15 is 0 Å². The molecule has 0 amide bonds. The van der Waals surface area contributed by atoms with Crippen molar-refractivity contribution in [3.05, 3.63) is 181 Å². The first-order chi connectivity index (χ1) is 25.3. The lowest BCUT2D eigenvalue weighted by molar-refractivity contribution is 0.595. The highest BCUT2D eigenvalue weighted by atomic mass is 16.3. The van der Waals surface area contributed by atoms with E-state index in [4.69, 9.17) is 8.83 Å². The number of hydrogen-bond donors (Lipinski definition) is 0. The predicted octanol–water partition coefficient (Wildman–Crippen LogP) is 13.8. The minimum absolute atomic E-state index is 0.841. The Morgan fingerprint density at radius 3 is 1.71 bits per heavy atom. The van der Waals surface area contributed by atoms with Crippen LogP contribution in [0.15, 0.2) is 179 Å². The molecule has 2 heterocycles. The van der Waals surface area contributed by atoms with Crippen molar-refractivity contribution in [1.29, 1.82) is 0 Å². The molecule has 0 saturated heterocycles. The molecule has 7 aromatic carbocycles. The molecule has 0 radical (unpaired) electrons.